The molecule has 0 aromatic heterocycles. The van der Waals surface area contributed by atoms with Gasteiger partial charge in [0.25, 0.3) is 5.91 Å². The fourth-order valence-corrected chi connectivity index (χ4v) is 2.42. The van der Waals surface area contributed by atoms with Crippen LogP contribution in [0.5, 0.6) is 17.2 Å². The largest absolute Gasteiger partial charge is 0.497 e. The van der Waals surface area contributed by atoms with Crippen molar-refractivity contribution in [2.45, 2.75) is 6.61 Å². The molecule has 3 aromatic rings. The van der Waals surface area contributed by atoms with Gasteiger partial charge in [-0.3, -0.25) is 4.79 Å². The zero-order valence-corrected chi connectivity index (χ0v) is 16.1. The summed E-state index contributed by atoms with van der Waals surface area (Å²) >= 11 is 0. The highest BCUT2D eigenvalue weighted by molar-refractivity contribution is 5.83. The van der Waals surface area contributed by atoms with Gasteiger partial charge in [0, 0.05) is 0 Å². The molecule has 0 spiro atoms. The average molecular weight is 390 g/mol. The predicted molar refractivity (Wildman–Crippen MR) is 111 cm³/mol. The molecule has 1 amide bonds. The second-order valence-corrected chi connectivity index (χ2v) is 6.10. The summed E-state index contributed by atoms with van der Waals surface area (Å²) in [5.41, 5.74) is 4.38. The topological polar surface area (TPSA) is 69.2 Å². The molecule has 0 atom stereocenters. The lowest BCUT2D eigenvalue weighted by Crippen LogP contribution is -2.24. The van der Waals surface area contributed by atoms with Crippen LogP contribution >= 0.6 is 0 Å². The maximum absolute atomic E-state index is 11.8. The van der Waals surface area contributed by atoms with E-state index in [9.17, 15) is 4.79 Å². The molecule has 0 fully saturated rings. The number of ether oxygens (including phenoxy) is 3. The van der Waals surface area contributed by atoms with Gasteiger partial charge in [-0.15, -0.1) is 0 Å². The number of hydrogen-bond donors (Lipinski definition) is 1. The molecule has 3 rings (SSSR count). The maximum atomic E-state index is 11.8. The lowest BCUT2D eigenvalue weighted by atomic mass is 10.2. The van der Waals surface area contributed by atoms with Crippen molar-refractivity contribution in [1.82, 2.24) is 5.43 Å². The van der Waals surface area contributed by atoms with Gasteiger partial charge in [-0.1, -0.05) is 30.3 Å². The quantitative estimate of drug-likeness (QED) is 0.446. The molecule has 0 saturated heterocycles. The summed E-state index contributed by atoms with van der Waals surface area (Å²) in [5, 5.41) is 3.94. The molecular weight excluding hydrogens is 368 g/mol. The van der Waals surface area contributed by atoms with Crippen LogP contribution in [0, 0.1) is 0 Å². The molecule has 0 heterocycles. The maximum Gasteiger partial charge on any atom is 0.277 e. The third kappa shape index (κ3) is 6.70. The minimum absolute atomic E-state index is 0.129. The van der Waals surface area contributed by atoms with E-state index in [0.29, 0.717) is 12.4 Å². The van der Waals surface area contributed by atoms with Gasteiger partial charge in [-0.25, -0.2) is 5.43 Å². The van der Waals surface area contributed by atoms with Gasteiger partial charge in [-0.2, -0.15) is 5.10 Å². The van der Waals surface area contributed by atoms with Crippen LogP contribution in [-0.2, 0) is 11.4 Å². The molecule has 0 aliphatic carbocycles. The second kappa shape index (κ2) is 10.5. The van der Waals surface area contributed by atoms with Crippen molar-refractivity contribution in [1.29, 1.82) is 0 Å². The van der Waals surface area contributed by atoms with E-state index in [2.05, 4.69) is 10.5 Å². The van der Waals surface area contributed by atoms with Crippen LogP contribution in [0.3, 0.4) is 0 Å². The molecule has 6 nitrogen and oxygen atoms in total. The standard InChI is InChI=1S/C23H22N2O4/c1-27-20-11-13-22(14-12-20)29-17-23(26)25-24-15-18-7-9-21(10-8-18)28-16-19-5-3-2-4-6-19/h2-15H,16-17H2,1H3,(H,25,26). The van der Waals surface area contributed by atoms with Crippen LogP contribution < -0.4 is 19.6 Å². The number of amides is 1. The third-order valence-corrected chi connectivity index (χ3v) is 3.96. The average Bonchev–Trinajstić information content (AvgIpc) is 2.78. The SMILES string of the molecule is COc1ccc(OCC(=O)NN=Cc2ccc(OCc3ccccc3)cc2)cc1. The van der Waals surface area contributed by atoms with Crippen molar-refractivity contribution in [2.75, 3.05) is 13.7 Å². The van der Waals surface area contributed by atoms with Gasteiger partial charge in [0.1, 0.15) is 23.9 Å². The summed E-state index contributed by atoms with van der Waals surface area (Å²) in [6.45, 7) is 0.383. The Bertz CT molecular complexity index is 923. The Morgan fingerprint density at radius 3 is 2.17 bits per heavy atom. The van der Waals surface area contributed by atoms with E-state index in [1.807, 2.05) is 54.6 Å². The number of hydrogen-bond acceptors (Lipinski definition) is 5. The van der Waals surface area contributed by atoms with Gasteiger partial charge >= 0.3 is 0 Å². The van der Waals surface area contributed by atoms with E-state index in [0.717, 1.165) is 22.6 Å². The monoisotopic (exact) mass is 390 g/mol. The van der Waals surface area contributed by atoms with Crippen molar-refractivity contribution in [2.24, 2.45) is 5.10 Å². The number of nitrogens with one attached hydrogen (secondary N) is 1. The van der Waals surface area contributed by atoms with Crippen LogP contribution in [0.4, 0.5) is 0 Å². The van der Waals surface area contributed by atoms with E-state index in [1.54, 1.807) is 37.6 Å². The van der Waals surface area contributed by atoms with Gasteiger partial charge in [-0.05, 0) is 59.7 Å². The number of benzene rings is 3. The summed E-state index contributed by atoms with van der Waals surface area (Å²) < 4.78 is 16.2. The molecule has 29 heavy (non-hydrogen) atoms. The Morgan fingerprint density at radius 1 is 0.862 bits per heavy atom. The van der Waals surface area contributed by atoms with Crippen LogP contribution in [-0.4, -0.2) is 25.8 Å². The molecule has 1 N–H and O–H groups in total. The van der Waals surface area contributed by atoms with E-state index in [4.69, 9.17) is 14.2 Å². The first-order chi connectivity index (χ1) is 14.2. The summed E-state index contributed by atoms with van der Waals surface area (Å²) in [7, 11) is 1.59. The summed E-state index contributed by atoms with van der Waals surface area (Å²) in [6.07, 6.45) is 1.56. The number of nitrogens with zero attached hydrogens (tertiary/aromatic N) is 1. The first-order valence-corrected chi connectivity index (χ1v) is 9.08. The lowest BCUT2D eigenvalue weighted by Gasteiger charge is -2.06. The Kier molecular flexibility index (Phi) is 7.23. The molecule has 0 saturated carbocycles. The van der Waals surface area contributed by atoms with Crippen molar-refractivity contribution < 1.29 is 19.0 Å². The van der Waals surface area contributed by atoms with E-state index in [1.165, 1.54) is 0 Å². The first kappa shape index (κ1) is 19.9. The number of methoxy groups -OCH3 is 1. The Morgan fingerprint density at radius 2 is 1.48 bits per heavy atom. The highest BCUT2D eigenvalue weighted by atomic mass is 16.5. The minimum atomic E-state index is -0.347. The Hall–Kier alpha value is -3.80. The van der Waals surface area contributed by atoms with Crippen molar-refractivity contribution >= 4 is 12.1 Å². The summed E-state index contributed by atoms with van der Waals surface area (Å²) in [6, 6.07) is 24.4. The third-order valence-electron chi connectivity index (χ3n) is 3.96. The van der Waals surface area contributed by atoms with Gasteiger partial charge in [0.15, 0.2) is 6.61 Å². The lowest BCUT2D eigenvalue weighted by molar-refractivity contribution is -0.123. The Balaban J connectivity index is 1.40. The molecule has 0 radical (unpaired) electrons. The number of carbonyl (C=O) groups excluding carboxylic acids is 1. The zero-order chi connectivity index (χ0) is 20.3. The molecular formula is C23H22N2O4. The summed E-state index contributed by atoms with van der Waals surface area (Å²) in [4.78, 5) is 11.8. The highest BCUT2D eigenvalue weighted by Gasteiger charge is 2.02. The molecule has 0 unspecified atom stereocenters. The molecule has 0 aliphatic rings. The normalized spacial score (nSPS) is 10.5. The van der Waals surface area contributed by atoms with E-state index >= 15 is 0 Å². The summed E-state index contributed by atoms with van der Waals surface area (Å²) in [5.74, 6) is 1.72. The molecule has 0 bridgehead atoms. The first-order valence-electron chi connectivity index (χ1n) is 9.08. The fourth-order valence-electron chi connectivity index (χ4n) is 2.42. The Labute approximate surface area is 169 Å². The van der Waals surface area contributed by atoms with E-state index in [-0.39, 0.29) is 12.5 Å². The number of hydrazone groups is 1. The van der Waals surface area contributed by atoms with Crippen LogP contribution in [0.2, 0.25) is 0 Å². The number of rotatable bonds is 9. The second-order valence-electron chi connectivity index (χ2n) is 6.10. The zero-order valence-electron chi connectivity index (χ0n) is 16.1. The molecule has 148 valence electrons. The van der Waals surface area contributed by atoms with Gasteiger partial charge in [0.2, 0.25) is 0 Å². The fraction of sp³-hybridized carbons (Fsp3) is 0.130. The minimum Gasteiger partial charge on any atom is -0.497 e. The van der Waals surface area contributed by atoms with Crippen molar-refractivity contribution in [3.63, 3.8) is 0 Å². The molecule has 6 heteroatoms. The van der Waals surface area contributed by atoms with E-state index < -0.39 is 0 Å². The highest BCUT2D eigenvalue weighted by Crippen LogP contribution is 2.17. The van der Waals surface area contributed by atoms with Crippen LogP contribution in [0.15, 0.2) is 84.0 Å². The van der Waals surface area contributed by atoms with Crippen molar-refractivity contribution in [3.05, 3.63) is 90.0 Å². The number of carbonyl (C=O) groups is 1. The van der Waals surface area contributed by atoms with Gasteiger partial charge < -0.3 is 14.2 Å². The van der Waals surface area contributed by atoms with Crippen molar-refractivity contribution in [3.8, 4) is 17.2 Å². The smallest absolute Gasteiger partial charge is 0.277 e. The molecule has 3 aromatic carbocycles. The predicted octanol–water partition coefficient (Wildman–Crippen LogP) is 3.80. The van der Waals surface area contributed by atoms with Crippen LogP contribution in [0.25, 0.3) is 0 Å². The van der Waals surface area contributed by atoms with Crippen LogP contribution in [0.1, 0.15) is 11.1 Å². The molecule has 0 aliphatic heterocycles. The van der Waals surface area contributed by atoms with Gasteiger partial charge in [0.05, 0.1) is 13.3 Å².